The van der Waals surface area contributed by atoms with Gasteiger partial charge in [0.25, 0.3) is 0 Å². The Morgan fingerprint density at radius 2 is 1.94 bits per heavy atom. The molecule has 0 bridgehead atoms. The van der Waals surface area contributed by atoms with Gasteiger partial charge in [-0.25, -0.2) is 0 Å². The molecule has 2 N–H and O–H groups in total. The van der Waals surface area contributed by atoms with Gasteiger partial charge in [-0.2, -0.15) is 0 Å². The van der Waals surface area contributed by atoms with Crippen LogP contribution in [0.1, 0.15) is 40.5 Å². The van der Waals surface area contributed by atoms with Crippen molar-refractivity contribution in [1.29, 1.82) is 0 Å². The second kappa shape index (κ2) is 9.59. The summed E-state index contributed by atoms with van der Waals surface area (Å²) in [5.74, 6) is 0.557. The molecule has 0 heterocycles. The van der Waals surface area contributed by atoms with Crippen LogP contribution in [-0.4, -0.2) is 40.3 Å². The van der Waals surface area contributed by atoms with Crippen LogP contribution >= 0.6 is 0 Å². The maximum atomic E-state index is 11.8. The highest BCUT2D eigenvalue weighted by molar-refractivity contribution is 7.85. The van der Waals surface area contributed by atoms with Crippen molar-refractivity contribution in [1.82, 2.24) is 10.6 Å². The standard InChI is InChI=1S/C12H26N2O2S/c1-5-7-11(13-6-2)8-17(16)9-12(15)14-10(3)4/h10-11,13H,5-9H2,1-4H3,(H,14,15). The predicted octanol–water partition coefficient (Wildman–Crippen LogP) is 1.04. The normalized spacial score (nSPS) is 14.6. The second-order valence-electron chi connectivity index (χ2n) is 4.52. The monoisotopic (exact) mass is 262 g/mol. The van der Waals surface area contributed by atoms with E-state index < -0.39 is 10.8 Å². The summed E-state index contributed by atoms with van der Waals surface area (Å²) >= 11 is 0. The molecule has 0 aliphatic rings. The van der Waals surface area contributed by atoms with E-state index in [1.54, 1.807) is 0 Å². The number of nitrogens with one attached hydrogen (secondary N) is 2. The third-order valence-corrected chi connectivity index (χ3v) is 3.62. The van der Waals surface area contributed by atoms with E-state index in [4.69, 9.17) is 0 Å². The summed E-state index contributed by atoms with van der Waals surface area (Å²) in [6.07, 6.45) is 2.07. The molecular weight excluding hydrogens is 236 g/mol. The summed E-state index contributed by atoms with van der Waals surface area (Å²) in [4.78, 5) is 11.4. The van der Waals surface area contributed by atoms with Crippen LogP contribution < -0.4 is 10.6 Å². The summed E-state index contributed by atoms with van der Waals surface area (Å²) < 4.78 is 11.8. The van der Waals surface area contributed by atoms with Crippen LogP contribution in [-0.2, 0) is 15.6 Å². The van der Waals surface area contributed by atoms with E-state index in [0.717, 1.165) is 19.4 Å². The molecule has 17 heavy (non-hydrogen) atoms. The van der Waals surface area contributed by atoms with E-state index in [0.29, 0.717) is 5.75 Å². The fourth-order valence-electron chi connectivity index (χ4n) is 1.67. The van der Waals surface area contributed by atoms with Gasteiger partial charge in [0.1, 0.15) is 5.75 Å². The highest BCUT2D eigenvalue weighted by atomic mass is 32.2. The van der Waals surface area contributed by atoms with Gasteiger partial charge in [-0.1, -0.05) is 20.3 Å². The molecule has 0 spiro atoms. The summed E-state index contributed by atoms with van der Waals surface area (Å²) in [7, 11) is -1.07. The Morgan fingerprint density at radius 1 is 1.29 bits per heavy atom. The fourth-order valence-corrected chi connectivity index (χ4v) is 2.90. The highest BCUT2D eigenvalue weighted by Crippen LogP contribution is 1.99. The third-order valence-electron chi connectivity index (χ3n) is 2.26. The highest BCUT2D eigenvalue weighted by Gasteiger charge is 2.14. The number of amides is 1. The summed E-state index contributed by atoms with van der Waals surface area (Å²) in [5.41, 5.74) is 0. The Labute approximate surface area is 107 Å². The zero-order valence-electron chi connectivity index (χ0n) is 11.4. The molecule has 0 saturated heterocycles. The Hall–Kier alpha value is -0.420. The van der Waals surface area contributed by atoms with E-state index in [9.17, 15) is 9.00 Å². The van der Waals surface area contributed by atoms with Crippen LogP contribution in [0, 0.1) is 0 Å². The molecule has 0 aromatic rings. The minimum Gasteiger partial charge on any atom is -0.353 e. The second-order valence-corrected chi connectivity index (χ2v) is 6.02. The van der Waals surface area contributed by atoms with Crippen molar-refractivity contribution in [2.75, 3.05) is 18.1 Å². The van der Waals surface area contributed by atoms with Crippen molar-refractivity contribution in [3.63, 3.8) is 0 Å². The van der Waals surface area contributed by atoms with Gasteiger partial charge < -0.3 is 10.6 Å². The minimum absolute atomic E-state index is 0.111. The molecule has 0 saturated carbocycles. The average Bonchev–Trinajstić information content (AvgIpc) is 2.16. The molecule has 4 nitrogen and oxygen atoms in total. The Balaban J connectivity index is 4.00. The van der Waals surface area contributed by atoms with Crippen LogP contribution in [0.5, 0.6) is 0 Å². The van der Waals surface area contributed by atoms with Crippen molar-refractivity contribution >= 4 is 16.7 Å². The topological polar surface area (TPSA) is 58.2 Å². The molecular formula is C12H26N2O2S. The van der Waals surface area contributed by atoms with Gasteiger partial charge in [-0.3, -0.25) is 9.00 Å². The first-order valence-corrected chi connectivity index (χ1v) is 7.86. The molecule has 5 heteroatoms. The van der Waals surface area contributed by atoms with Crippen LogP contribution in [0.15, 0.2) is 0 Å². The van der Waals surface area contributed by atoms with E-state index in [1.165, 1.54) is 0 Å². The molecule has 0 rings (SSSR count). The molecule has 2 unspecified atom stereocenters. The van der Waals surface area contributed by atoms with Crippen molar-refractivity contribution in [3.05, 3.63) is 0 Å². The van der Waals surface area contributed by atoms with E-state index >= 15 is 0 Å². The maximum absolute atomic E-state index is 11.8. The third kappa shape index (κ3) is 9.30. The van der Waals surface area contributed by atoms with Crippen molar-refractivity contribution in [2.45, 2.75) is 52.6 Å². The molecule has 0 aliphatic heterocycles. The lowest BCUT2D eigenvalue weighted by Crippen LogP contribution is -2.38. The first kappa shape index (κ1) is 16.6. The van der Waals surface area contributed by atoms with Gasteiger partial charge in [-0.15, -0.1) is 0 Å². The van der Waals surface area contributed by atoms with Crippen molar-refractivity contribution in [2.24, 2.45) is 0 Å². The van der Waals surface area contributed by atoms with E-state index in [2.05, 4.69) is 17.6 Å². The van der Waals surface area contributed by atoms with Gasteiger partial charge in [0.05, 0.1) is 0 Å². The number of hydrogen-bond donors (Lipinski definition) is 2. The van der Waals surface area contributed by atoms with Gasteiger partial charge in [0, 0.05) is 28.6 Å². The number of hydrogen-bond acceptors (Lipinski definition) is 3. The SMILES string of the molecule is CCCC(CS(=O)CC(=O)NC(C)C)NCC. The van der Waals surface area contributed by atoms with Crippen LogP contribution in [0.3, 0.4) is 0 Å². The number of carbonyl (C=O) groups is 1. The quantitative estimate of drug-likeness (QED) is 0.653. The Bertz CT molecular complexity index is 239. The Morgan fingerprint density at radius 3 is 2.41 bits per heavy atom. The number of rotatable bonds is 9. The molecule has 0 fully saturated rings. The lowest BCUT2D eigenvalue weighted by molar-refractivity contribution is -0.119. The van der Waals surface area contributed by atoms with Gasteiger partial charge in [0.15, 0.2) is 0 Å². The van der Waals surface area contributed by atoms with Gasteiger partial charge >= 0.3 is 0 Å². The predicted molar refractivity (Wildman–Crippen MR) is 73.5 cm³/mol. The smallest absolute Gasteiger partial charge is 0.232 e. The minimum atomic E-state index is -1.07. The maximum Gasteiger partial charge on any atom is 0.232 e. The van der Waals surface area contributed by atoms with Gasteiger partial charge in [0.2, 0.25) is 5.91 Å². The lowest BCUT2D eigenvalue weighted by Gasteiger charge is -2.16. The molecule has 2 atom stereocenters. The zero-order chi connectivity index (χ0) is 13.3. The molecule has 102 valence electrons. The fraction of sp³-hybridized carbons (Fsp3) is 0.917. The molecule has 0 aliphatic carbocycles. The van der Waals surface area contributed by atoms with Crippen LogP contribution in [0.2, 0.25) is 0 Å². The van der Waals surface area contributed by atoms with Crippen molar-refractivity contribution in [3.8, 4) is 0 Å². The first-order chi connectivity index (χ1) is 7.99. The summed E-state index contributed by atoms with van der Waals surface area (Å²) in [6, 6.07) is 0.373. The van der Waals surface area contributed by atoms with E-state index in [1.807, 2.05) is 20.8 Å². The van der Waals surface area contributed by atoms with Crippen LogP contribution in [0.4, 0.5) is 0 Å². The molecule has 0 aromatic heterocycles. The Kier molecular flexibility index (Phi) is 9.36. The first-order valence-electron chi connectivity index (χ1n) is 6.37. The average molecular weight is 262 g/mol. The van der Waals surface area contributed by atoms with Gasteiger partial charge in [-0.05, 0) is 26.8 Å². The number of carbonyl (C=O) groups excluding carboxylic acids is 1. The van der Waals surface area contributed by atoms with E-state index in [-0.39, 0.29) is 23.7 Å². The van der Waals surface area contributed by atoms with Crippen molar-refractivity contribution < 1.29 is 9.00 Å². The van der Waals surface area contributed by atoms with Crippen LogP contribution in [0.25, 0.3) is 0 Å². The summed E-state index contributed by atoms with van der Waals surface area (Å²) in [5, 5.41) is 6.06. The molecule has 1 amide bonds. The largest absolute Gasteiger partial charge is 0.353 e. The zero-order valence-corrected chi connectivity index (χ0v) is 12.2. The summed E-state index contributed by atoms with van der Waals surface area (Å²) in [6.45, 7) is 8.83. The lowest BCUT2D eigenvalue weighted by atomic mass is 10.2. The molecule has 0 radical (unpaired) electrons. The molecule has 0 aromatic carbocycles.